The van der Waals surface area contributed by atoms with Crippen LogP contribution in [0.5, 0.6) is 0 Å². The van der Waals surface area contributed by atoms with E-state index < -0.39 is 0 Å². The van der Waals surface area contributed by atoms with E-state index in [4.69, 9.17) is 16.6 Å². The highest BCUT2D eigenvalue weighted by Crippen LogP contribution is 2.41. The van der Waals surface area contributed by atoms with Gasteiger partial charge in [0.05, 0.1) is 17.3 Å². The Morgan fingerprint density at radius 3 is 2.59 bits per heavy atom. The van der Waals surface area contributed by atoms with Crippen molar-refractivity contribution >= 4 is 33.3 Å². The summed E-state index contributed by atoms with van der Waals surface area (Å²) in [5, 5.41) is 4.04. The summed E-state index contributed by atoms with van der Waals surface area (Å²) in [6, 6.07) is 24.2. The van der Waals surface area contributed by atoms with Crippen molar-refractivity contribution in [3.8, 4) is 11.3 Å². The van der Waals surface area contributed by atoms with Gasteiger partial charge in [0.25, 0.3) is 0 Å². The van der Waals surface area contributed by atoms with Crippen molar-refractivity contribution < 1.29 is 8.81 Å². The van der Waals surface area contributed by atoms with Crippen LogP contribution in [0.4, 0.5) is 4.39 Å². The molecule has 1 saturated heterocycles. The maximum atomic E-state index is 14.5. The average molecular weight is 508 g/mol. The predicted octanol–water partition coefficient (Wildman–Crippen LogP) is 6.42. The Labute approximate surface area is 199 Å². The highest BCUT2D eigenvalue weighted by atomic mass is 79.9. The van der Waals surface area contributed by atoms with Crippen molar-refractivity contribution in [1.29, 1.82) is 0 Å². The third-order valence-corrected chi connectivity index (χ3v) is 6.35. The van der Waals surface area contributed by atoms with Gasteiger partial charge in [0.2, 0.25) is 0 Å². The molecule has 32 heavy (non-hydrogen) atoms. The first kappa shape index (κ1) is 20.8. The number of aromatic nitrogens is 1. The van der Waals surface area contributed by atoms with E-state index in [0.717, 1.165) is 11.3 Å². The number of benzene rings is 2. The number of nitrogens with zero attached hydrogens (tertiary/aromatic N) is 2. The van der Waals surface area contributed by atoms with Gasteiger partial charge >= 0.3 is 0 Å². The van der Waals surface area contributed by atoms with E-state index in [2.05, 4.69) is 43.3 Å². The zero-order valence-corrected chi connectivity index (χ0v) is 19.3. The first-order chi connectivity index (χ1) is 15.6. The van der Waals surface area contributed by atoms with Crippen molar-refractivity contribution in [2.24, 2.45) is 0 Å². The summed E-state index contributed by atoms with van der Waals surface area (Å²) in [4.78, 5) is 6.65. The average Bonchev–Trinajstić information content (AvgIpc) is 3.40. The van der Waals surface area contributed by atoms with Crippen LogP contribution in [0, 0.1) is 5.82 Å². The number of hydrogen-bond acceptors (Lipinski definition) is 3. The van der Waals surface area contributed by atoms with Crippen LogP contribution in [0.25, 0.3) is 11.3 Å². The number of halogens is 2. The lowest BCUT2D eigenvalue weighted by atomic mass is 10.0. The van der Waals surface area contributed by atoms with Crippen LogP contribution in [-0.4, -0.2) is 15.0 Å². The standard InChI is InChI=1S/C25H19BrFN3OS/c26-17-9-10-18(19(27)14-17)21-11-12-22(31-21)24-23(20-8-4-5-13-28-20)29-25(32)30(24)15-16-6-2-1-3-7-16/h1-14,23-24H,15H2,(H,29,32)/t23-,24-/m0/s1. The van der Waals surface area contributed by atoms with Gasteiger partial charge in [0, 0.05) is 17.2 Å². The molecule has 0 unspecified atom stereocenters. The van der Waals surface area contributed by atoms with E-state index in [1.165, 1.54) is 6.07 Å². The first-order valence-electron chi connectivity index (χ1n) is 10.2. The minimum Gasteiger partial charge on any atom is -0.459 e. The van der Waals surface area contributed by atoms with Crippen molar-refractivity contribution in [3.63, 3.8) is 0 Å². The van der Waals surface area contributed by atoms with Crippen LogP contribution in [0.1, 0.15) is 29.1 Å². The summed E-state index contributed by atoms with van der Waals surface area (Å²) in [7, 11) is 0. The van der Waals surface area contributed by atoms with E-state index in [0.29, 0.717) is 33.2 Å². The van der Waals surface area contributed by atoms with Gasteiger partial charge in [0.1, 0.15) is 23.4 Å². The molecule has 2 atom stereocenters. The molecular weight excluding hydrogens is 489 g/mol. The second kappa shape index (κ2) is 8.84. The Bertz CT molecular complexity index is 1250. The number of nitrogens with one attached hydrogen (secondary N) is 1. The Hall–Kier alpha value is -3.03. The van der Waals surface area contributed by atoms with Gasteiger partial charge in [-0.3, -0.25) is 4.98 Å². The van der Waals surface area contributed by atoms with Gasteiger partial charge in [-0.15, -0.1) is 0 Å². The molecule has 0 amide bonds. The van der Waals surface area contributed by atoms with Gasteiger partial charge in [-0.2, -0.15) is 0 Å². The molecule has 1 aliphatic heterocycles. The molecule has 1 fully saturated rings. The summed E-state index contributed by atoms with van der Waals surface area (Å²) >= 11 is 9.01. The second-order valence-electron chi connectivity index (χ2n) is 7.57. The molecule has 0 spiro atoms. The SMILES string of the molecule is Fc1cc(Br)ccc1-c1ccc([C@H]2[C@H](c3ccccn3)NC(=S)N2Cc2ccccc2)o1. The van der Waals surface area contributed by atoms with Gasteiger partial charge in [-0.25, -0.2) is 4.39 Å². The Balaban J connectivity index is 1.55. The van der Waals surface area contributed by atoms with Gasteiger partial charge in [0.15, 0.2) is 5.11 Å². The third kappa shape index (κ3) is 4.06. The molecule has 1 N–H and O–H groups in total. The molecule has 2 aromatic carbocycles. The fourth-order valence-electron chi connectivity index (χ4n) is 4.01. The quantitative estimate of drug-likeness (QED) is 0.316. The van der Waals surface area contributed by atoms with Gasteiger partial charge in [-0.05, 0) is 60.2 Å². The Morgan fingerprint density at radius 1 is 1.03 bits per heavy atom. The maximum absolute atomic E-state index is 14.5. The number of hydrogen-bond donors (Lipinski definition) is 1. The molecule has 7 heteroatoms. The lowest BCUT2D eigenvalue weighted by molar-refractivity contribution is 0.269. The molecule has 4 nitrogen and oxygen atoms in total. The first-order valence-corrected chi connectivity index (χ1v) is 11.4. The summed E-state index contributed by atoms with van der Waals surface area (Å²) in [6.07, 6.45) is 1.77. The Morgan fingerprint density at radius 2 is 1.84 bits per heavy atom. The zero-order valence-electron chi connectivity index (χ0n) is 16.9. The van der Waals surface area contributed by atoms with Crippen molar-refractivity contribution in [3.05, 3.63) is 112 Å². The van der Waals surface area contributed by atoms with E-state index in [1.807, 2.05) is 42.5 Å². The van der Waals surface area contributed by atoms with Crippen molar-refractivity contribution in [1.82, 2.24) is 15.2 Å². The molecule has 0 aliphatic carbocycles. The fraction of sp³-hybridized carbons (Fsp3) is 0.120. The molecule has 0 bridgehead atoms. The summed E-state index contributed by atoms with van der Waals surface area (Å²) in [5.74, 6) is 0.825. The lowest BCUT2D eigenvalue weighted by Crippen LogP contribution is -2.29. The number of rotatable bonds is 5. The summed E-state index contributed by atoms with van der Waals surface area (Å²) in [5.41, 5.74) is 2.41. The van der Waals surface area contributed by atoms with Gasteiger partial charge in [-0.1, -0.05) is 52.3 Å². The monoisotopic (exact) mass is 507 g/mol. The molecule has 3 heterocycles. The minimum atomic E-state index is -0.345. The predicted molar refractivity (Wildman–Crippen MR) is 129 cm³/mol. The molecular formula is C25H19BrFN3OS. The molecule has 1 aliphatic rings. The van der Waals surface area contributed by atoms with Crippen LogP contribution < -0.4 is 5.32 Å². The highest BCUT2D eigenvalue weighted by Gasteiger charge is 2.41. The number of furan rings is 1. The van der Waals surface area contributed by atoms with E-state index in [-0.39, 0.29) is 17.9 Å². The molecule has 2 aromatic heterocycles. The summed E-state index contributed by atoms with van der Waals surface area (Å²) < 4.78 is 21.4. The smallest absolute Gasteiger partial charge is 0.170 e. The highest BCUT2D eigenvalue weighted by molar-refractivity contribution is 9.10. The van der Waals surface area contributed by atoms with Crippen LogP contribution in [0.2, 0.25) is 0 Å². The van der Waals surface area contributed by atoms with Gasteiger partial charge < -0.3 is 14.6 Å². The number of pyridine rings is 1. The van der Waals surface area contributed by atoms with Crippen molar-refractivity contribution in [2.75, 3.05) is 0 Å². The Kier molecular flexibility index (Phi) is 5.76. The van der Waals surface area contributed by atoms with Crippen molar-refractivity contribution in [2.45, 2.75) is 18.6 Å². The maximum Gasteiger partial charge on any atom is 0.170 e. The number of thiocarbonyl (C=S) groups is 1. The van der Waals surface area contributed by atoms with Crippen LogP contribution in [-0.2, 0) is 6.54 Å². The normalized spacial score (nSPS) is 18.1. The molecule has 4 aromatic rings. The minimum absolute atomic E-state index is 0.193. The topological polar surface area (TPSA) is 41.3 Å². The fourth-order valence-corrected chi connectivity index (χ4v) is 4.65. The van der Waals surface area contributed by atoms with E-state index in [1.54, 1.807) is 24.4 Å². The van der Waals surface area contributed by atoms with E-state index >= 15 is 0 Å². The zero-order chi connectivity index (χ0) is 22.1. The van der Waals surface area contributed by atoms with Crippen LogP contribution >= 0.6 is 28.1 Å². The molecule has 5 rings (SSSR count). The van der Waals surface area contributed by atoms with Crippen LogP contribution in [0.3, 0.4) is 0 Å². The molecule has 160 valence electrons. The lowest BCUT2D eigenvalue weighted by Gasteiger charge is -2.26. The van der Waals surface area contributed by atoms with E-state index in [9.17, 15) is 4.39 Å². The summed E-state index contributed by atoms with van der Waals surface area (Å²) in [6.45, 7) is 0.614. The van der Waals surface area contributed by atoms with Crippen LogP contribution in [0.15, 0.2) is 93.9 Å². The third-order valence-electron chi connectivity index (χ3n) is 5.51. The second-order valence-corrected chi connectivity index (χ2v) is 8.87. The molecule has 0 saturated carbocycles. The molecule has 0 radical (unpaired) electrons. The largest absolute Gasteiger partial charge is 0.459 e.